The number of aryl methyl sites for hydroxylation is 2. The zero-order valence-electron chi connectivity index (χ0n) is 13.8. The van der Waals surface area contributed by atoms with Gasteiger partial charge < -0.3 is 14.6 Å². The number of nitrogens with zero attached hydrogens (tertiary/aromatic N) is 3. The Labute approximate surface area is 146 Å². The first kappa shape index (κ1) is 15.7. The molecule has 0 spiro atoms. The highest BCUT2D eigenvalue weighted by Gasteiger charge is 2.21. The summed E-state index contributed by atoms with van der Waals surface area (Å²) in [5.41, 5.74) is 2.31. The van der Waals surface area contributed by atoms with Crippen molar-refractivity contribution in [2.45, 2.75) is 26.3 Å². The van der Waals surface area contributed by atoms with Gasteiger partial charge in [-0.25, -0.2) is 0 Å². The Morgan fingerprint density at radius 1 is 1.38 bits per heavy atom. The Morgan fingerprint density at radius 2 is 2.29 bits per heavy atom. The van der Waals surface area contributed by atoms with E-state index in [0.717, 1.165) is 54.0 Å². The third kappa shape index (κ3) is 3.19. The molecule has 0 amide bonds. The van der Waals surface area contributed by atoms with Crippen molar-refractivity contribution in [3.8, 4) is 5.75 Å². The summed E-state index contributed by atoms with van der Waals surface area (Å²) in [7, 11) is 0. The number of hydrogen-bond acceptors (Lipinski definition) is 4. The van der Waals surface area contributed by atoms with Gasteiger partial charge in [0.25, 0.3) is 0 Å². The fraction of sp³-hybridized carbons (Fsp3) is 0.444. The minimum absolute atomic E-state index is 0.624. The monoisotopic (exact) mass is 344 g/mol. The van der Waals surface area contributed by atoms with Crippen LogP contribution in [0.25, 0.3) is 6.08 Å². The van der Waals surface area contributed by atoms with E-state index in [-0.39, 0.29) is 0 Å². The van der Waals surface area contributed by atoms with E-state index in [1.165, 1.54) is 12.0 Å². The lowest BCUT2D eigenvalue weighted by Gasteiger charge is -2.25. The van der Waals surface area contributed by atoms with Gasteiger partial charge >= 0.3 is 0 Å². The highest BCUT2D eigenvalue weighted by Crippen LogP contribution is 2.28. The number of halogens is 1. The lowest BCUT2D eigenvalue weighted by Crippen LogP contribution is -2.32. The molecule has 0 aliphatic carbocycles. The lowest BCUT2D eigenvalue weighted by atomic mass is 9.99. The first-order chi connectivity index (χ1) is 11.7. The van der Waals surface area contributed by atoms with Gasteiger partial charge in [0.05, 0.1) is 0 Å². The van der Waals surface area contributed by atoms with Crippen molar-refractivity contribution in [1.82, 2.24) is 20.1 Å². The van der Waals surface area contributed by atoms with Gasteiger partial charge in [0.15, 0.2) is 0 Å². The van der Waals surface area contributed by atoms with Crippen molar-refractivity contribution in [3.05, 3.63) is 46.0 Å². The average molecular weight is 345 g/mol. The Kier molecular flexibility index (Phi) is 4.29. The maximum absolute atomic E-state index is 6.06. The molecule has 126 valence electrons. The molecule has 1 aromatic heterocycles. The summed E-state index contributed by atoms with van der Waals surface area (Å²) >= 11 is 6.06. The fourth-order valence-electron chi connectivity index (χ4n) is 3.43. The highest BCUT2D eigenvalue weighted by molar-refractivity contribution is 6.30. The number of ether oxygens (including phenoxy) is 1. The molecule has 4 rings (SSSR count). The van der Waals surface area contributed by atoms with Crippen molar-refractivity contribution < 1.29 is 4.74 Å². The molecular weight excluding hydrogens is 324 g/mol. The SMILES string of the molecule is Cc1nnc2n1C[C@@H](CNCC1=Cc3cc(Cl)ccc3OC1)CC2. The average Bonchev–Trinajstić information content (AvgIpc) is 2.95. The highest BCUT2D eigenvalue weighted by atomic mass is 35.5. The van der Waals surface area contributed by atoms with E-state index in [1.54, 1.807) is 0 Å². The molecule has 24 heavy (non-hydrogen) atoms. The molecule has 0 radical (unpaired) electrons. The van der Waals surface area contributed by atoms with Crippen molar-refractivity contribution in [2.24, 2.45) is 5.92 Å². The quantitative estimate of drug-likeness (QED) is 0.926. The third-order valence-corrected chi connectivity index (χ3v) is 4.99. The summed E-state index contributed by atoms with van der Waals surface area (Å²) < 4.78 is 8.04. The molecule has 1 atom stereocenters. The molecular formula is C18H21ClN4O. The van der Waals surface area contributed by atoms with Crippen molar-refractivity contribution in [3.63, 3.8) is 0 Å². The van der Waals surface area contributed by atoms with Crippen molar-refractivity contribution in [1.29, 1.82) is 0 Å². The van der Waals surface area contributed by atoms with E-state index in [2.05, 4.69) is 26.2 Å². The van der Waals surface area contributed by atoms with Crippen molar-refractivity contribution >= 4 is 17.7 Å². The first-order valence-electron chi connectivity index (χ1n) is 8.40. The maximum Gasteiger partial charge on any atom is 0.133 e. The standard InChI is InChI=1S/C18H21ClN4O/c1-12-21-22-18-5-2-13(10-23(12)18)8-20-9-14-6-15-7-16(19)3-4-17(15)24-11-14/h3-4,6-7,13,20H,2,5,8-11H2,1H3/t13-/m1/s1. The summed E-state index contributed by atoms with van der Waals surface area (Å²) in [6.45, 7) is 5.52. The number of benzene rings is 1. The second kappa shape index (κ2) is 6.57. The van der Waals surface area contributed by atoms with Crippen LogP contribution in [0.3, 0.4) is 0 Å². The van der Waals surface area contributed by atoms with Crippen LogP contribution < -0.4 is 10.1 Å². The van der Waals surface area contributed by atoms with Gasteiger partial charge in [0, 0.05) is 30.1 Å². The number of fused-ring (bicyclic) bond motifs is 2. The molecule has 1 aromatic carbocycles. The van der Waals surface area contributed by atoms with Gasteiger partial charge in [-0.3, -0.25) is 0 Å². The Balaban J connectivity index is 1.33. The van der Waals surface area contributed by atoms with Gasteiger partial charge in [-0.2, -0.15) is 0 Å². The van der Waals surface area contributed by atoms with Crippen LogP contribution in [-0.2, 0) is 13.0 Å². The molecule has 3 heterocycles. The van der Waals surface area contributed by atoms with Crippen LogP contribution in [0.2, 0.25) is 5.02 Å². The molecule has 2 aliphatic rings. The summed E-state index contributed by atoms with van der Waals surface area (Å²) in [6, 6.07) is 5.74. The number of hydrogen-bond donors (Lipinski definition) is 1. The Hall–Kier alpha value is -1.85. The smallest absolute Gasteiger partial charge is 0.133 e. The van der Waals surface area contributed by atoms with E-state index in [1.807, 2.05) is 25.1 Å². The molecule has 0 saturated heterocycles. The van der Waals surface area contributed by atoms with E-state index < -0.39 is 0 Å². The van der Waals surface area contributed by atoms with E-state index in [0.29, 0.717) is 12.5 Å². The predicted octanol–water partition coefficient (Wildman–Crippen LogP) is 2.87. The van der Waals surface area contributed by atoms with Gasteiger partial charge in [0.1, 0.15) is 24.0 Å². The summed E-state index contributed by atoms with van der Waals surface area (Å²) in [5, 5.41) is 12.7. The van der Waals surface area contributed by atoms with Crippen LogP contribution >= 0.6 is 11.6 Å². The number of rotatable bonds is 4. The van der Waals surface area contributed by atoms with E-state index >= 15 is 0 Å². The molecule has 1 N–H and O–H groups in total. The lowest BCUT2D eigenvalue weighted by molar-refractivity contribution is 0.330. The Morgan fingerprint density at radius 3 is 3.21 bits per heavy atom. The topological polar surface area (TPSA) is 52.0 Å². The first-order valence-corrected chi connectivity index (χ1v) is 8.78. The molecule has 6 heteroatoms. The normalized spacial score (nSPS) is 19.2. The molecule has 2 aliphatic heterocycles. The minimum atomic E-state index is 0.624. The van der Waals surface area contributed by atoms with Crippen molar-refractivity contribution in [2.75, 3.05) is 19.7 Å². The van der Waals surface area contributed by atoms with Crippen LogP contribution in [0.1, 0.15) is 23.6 Å². The zero-order chi connectivity index (χ0) is 16.5. The third-order valence-electron chi connectivity index (χ3n) is 4.76. The number of aromatic nitrogens is 3. The maximum atomic E-state index is 6.06. The van der Waals surface area contributed by atoms with E-state index in [9.17, 15) is 0 Å². The van der Waals surface area contributed by atoms with E-state index in [4.69, 9.17) is 16.3 Å². The molecule has 2 aromatic rings. The van der Waals surface area contributed by atoms with Gasteiger partial charge in [0.2, 0.25) is 0 Å². The van der Waals surface area contributed by atoms with Crippen LogP contribution in [0, 0.1) is 12.8 Å². The fourth-order valence-corrected chi connectivity index (χ4v) is 3.61. The summed E-state index contributed by atoms with van der Waals surface area (Å²) in [4.78, 5) is 0. The molecule has 0 fully saturated rings. The molecule has 0 bridgehead atoms. The predicted molar refractivity (Wildman–Crippen MR) is 94.4 cm³/mol. The zero-order valence-corrected chi connectivity index (χ0v) is 14.5. The second-order valence-electron chi connectivity index (χ2n) is 6.58. The minimum Gasteiger partial charge on any atom is -0.489 e. The molecule has 0 unspecified atom stereocenters. The van der Waals surface area contributed by atoms with Crippen LogP contribution in [0.5, 0.6) is 5.75 Å². The number of nitrogens with one attached hydrogen (secondary N) is 1. The summed E-state index contributed by atoms with van der Waals surface area (Å²) in [5.74, 6) is 3.68. The largest absolute Gasteiger partial charge is 0.489 e. The molecule has 0 saturated carbocycles. The Bertz CT molecular complexity index is 783. The van der Waals surface area contributed by atoms with Gasteiger partial charge in [-0.1, -0.05) is 11.6 Å². The van der Waals surface area contributed by atoms with Crippen LogP contribution in [0.15, 0.2) is 23.8 Å². The summed E-state index contributed by atoms with van der Waals surface area (Å²) in [6.07, 6.45) is 4.37. The second-order valence-corrected chi connectivity index (χ2v) is 7.02. The van der Waals surface area contributed by atoms with Crippen LogP contribution in [-0.4, -0.2) is 34.5 Å². The van der Waals surface area contributed by atoms with Crippen LogP contribution in [0.4, 0.5) is 0 Å². The van der Waals surface area contributed by atoms with Gasteiger partial charge in [-0.05, 0) is 55.7 Å². The van der Waals surface area contributed by atoms with Gasteiger partial charge in [-0.15, -0.1) is 10.2 Å². The molecule has 5 nitrogen and oxygen atoms in total.